The molecule has 19 heavy (non-hydrogen) atoms. The molecule has 2 rings (SSSR count). The van der Waals surface area contributed by atoms with Crippen LogP contribution in [0.2, 0.25) is 5.02 Å². The lowest BCUT2D eigenvalue weighted by atomic mass is 10.0. The average molecular weight is 282 g/mol. The Labute approximate surface area is 114 Å². The largest absolute Gasteiger partial charge is 0.340 e. The van der Waals surface area contributed by atoms with E-state index < -0.39 is 17.9 Å². The molecule has 100 valence electrons. The van der Waals surface area contributed by atoms with Crippen LogP contribution in [0.1, 0.15) is 23.2 Å². The van der Waals surface area contributed by atoms with Gasteiger partial charge in [0.05, 0.1) is 10.6 Å². The maximum Gasteiger partial charge on any atom is 0.253 e. The molecule has 1 aromatic heterocycles. The molecule has 0 saturated carbocycles. The van der Waals surface area contributed by atoms with Gasteiger partial charge in [-0.1, -0.05) is 11.6 Å². The van der Waals surface area contributed by atoms with Gasteiger partial charge in [0.15, 0.2) is 0 Å². The van der Waals surface area contributed by atoms with Gasteiger partial charge >= 0.3 is 0 Å². The number of likely N-dealkylation sites (tertiary alicyclic amines) is 1. The van der Waals surface area contributed by atoms with Crippen LogP contribution in [0.4, 0.5) is 0 Å². The summed E-state index contributed by atoms with van der Waals surface area (Å²) in [6.07, 6.45) is 3.33. The minimum atomic E-state index is -0.695. The number of imide groups is 1. The first-order valence-corrected chi connectivity index (χ1v) is 6.09. The van der Waals surface area contributed by atoms with Crippen molar-refractivity contribution in [2.75, 3.05) is 7.05 Å². The second-order valence-corrected chi connectivity index (χ2v) is 4.62. The quantitative estimate of drug-likeness (QED) is 0.806. The van der Waals surface area contributed by atoms with Gasteiger partial charge in [0.2, 0.25) is 5.91 Å². The van der Waals surface area contributed by atoms with Crippen LogP contribution in [0.3, 0.4) is 0 Å². The summed E-state index contributed by atoms with van der Waals surface area (Å²) in [4.78, 5) is 40.0. The molecule has 1 aromatic rings. The summed E-state index contributed by atoms with van der Waals surface area (Å²) in [5.41, 5.74) is 0.254. The number of nitrogens with zero attached hydrogens (tertiary/aromatic N) is 2. The normalized spacial score (nSPS) is 19.5. The summed E-state index contributed by atoms with van der Waals surface area (Å²) in [6.45, 7) is 0. The number of hydrogen-bond acceptors (Lipinski definition) is 4. The minimum absolute atomic E-state index is 0.215. The molecule has 0 aliphatic carbocycles. The highest BCUT2D eigenvalue weighted by molar-refractivity contribution is 6.33. The molecular formula is C12H12ClN3O3. The summed E-state index contributed by atoms with van der Waals surface area (Å²) in [5.74, 6) is -1.10. The van der Waals surface area contributed by atoms with Gasteiger partial charge in [-0.05, 0) is 12.5 Å². The molecule has 6 nitrogen and oxygen atoms in total. The van der Waals surface area contributed by atoms with Gasteiger partial charge in [0.25, 0.3) is 11.8 Å². The third kappa shape index (κ3) is 2.73. The van der Waals surface area contributed by atoms with Crippen molar-refractivity contribution in [1.29, 1.82) is 0 Å². The Morgan fingerprint density at radius 1 is 1.53 bits per heavy atom. The van der Waals surface area contributed by atoms with E-state index in [-0.39, 0.29) is 22.9 Å². The lowest BCUT2D eigenvalue weighted by Gasteiger charge is -2.28. The zero-order valence-electron chi connectivity index (χ0n) is 10.2. The number of hydrogen-bond donors (Lipinski definition) is 1. The summed E-state index contributed by atoms with van der Waals surface area (Å²) < 4.78 is 0. The third-order valence-corrected chi connectivity index (χ3v) is 3.27. The van der Waals surface area contributed by atoms with Crippen LogP contribution in [0.15, 0.2) is 18.5 Å². The number of carbonyl (C=O) groups is 3. The Balaban J connectivity index is 2.10. The van der Waals surface area contributed by atoms with E-state index in [4.69, 9.17) is 11.6 Å². The van der Waals surface area contributed by atoms with Crippen LogP contribution in [-0.2, 0) is 9.59 Å². The Morgan fingerprint density at radius 3 is 2.95 bits per heavy atom. The second-order valence-electron chi connectivity index (χ2n) is 4.21. The van der Waals surface area contributed by atoms with Gasteiger partial charge in [-0.15, -0.1) is 0 Å². The van der Waals surface area contributed by atoms with E-state index in [1.807, 2.05) is 0 Å². The molecule has 1 N–H and O–H groups in total. The monoisotopic (exact) mass is 281 g/mol. The van der Waals surface area contributed by atoms with Crippen molar-refractivity contribution in [3.63, 3.8) is 0 Å². The molecule has 1 unspecified atom stereocenters. The van der Waals surface area contributed by atoms with E-state index in [1.165, 1.54) is 25.5 Å². The van der Waals surface area contributed by atoms with Crippen LogP contribution in [0, 0.1) is 0 Å². The van der Waals surface area contributed by atoms with Crippen molar-refractivity contribution < 1.29 is 14.4 Å². The van der Waals surface area contributed by atoms with Crippen LogP contribution >= 0.6 is 11.6 Å². The Bertz CT molecular complexity index is 547. The van der Waals surface area contributed by atoms with E-state index in [9.17, 15) is 14.4 Å². The topological polar surface area (TPSA) is 79.4 Å². The van der Waals surface area contributed by atoms with Gasteiger partial charge in [-0.2, -0.15) is 0 Å². The summed E-state index contributed by atoms with van der Waals surface area (Å²) in [5, 5.41) is 2.80. The molecule has 1 aliphatic rings. The van der Waals surface area contributed by atoms with Crippen molar-refractivity contribution in [2.45, 2.75) is 18.9 Å². The van der Waals surface area contributed by atoms with Gasteiger partial charge in [-0.3, -0.25) is 24.3 Å². The van der Waals surface area contributed by atoms with E-state index >= 15 is 0 Å². The summed E-state index contributed by atoms with van der Waals surface area (Å²) in [6, 6.07) is 0.777. The van der Waals surface area contributed by atoms with Gasteiger partial charge in [0, 0.05) is 25.9 Å². The van der Waals surface area contributed by atoms with Crippen molar-refractivity contribution in [3.8, 4) is 0 Å². The van der Waals surface area contributed by atoms with E-state index in [1.54, 1.807) is 0 Å². The fourth-order valence-corrected chi connectivity index (χ4v) is 2.05. The molecule has 2 heterocycles. The van der Waals surface area contributed by atoms with Crippen molar-refractivity contribution in [1.82, 2.24) is 15.2 Å². The molecule has 0 radical (unpaired) electrons. The fraction of sp³-hybridized carbons (Fsp3) is 0.333. The Morgan fingerprint density at radius 2 is 2.26 bits per heavy atom. The average Bonchev–Trinajstić information content (AvgIpc) is 2.40. The van der Waals surface area contributed by atoms with Gasteiger partial charge < -0.3 is 5.32 Å². The Hall–Kier alpha value is -1.95. The van der Waals surface area contributed by atoms with Crippen LogP contribution in [0.5, 0.6) is 0 Å². The molecule has 1 fully saturated rings. The predicted molar refractivity (Wildman–Crippen MR) is 67.5 cm³/mol. The molecule has 0 bridgehead atoms. The molecule has 1 aliphatic heterocycles. The standard InChI is InChI=1S/C12H12ClN3O3/c1-16-10(17)3-2-9(12(16)19)15-11(18)7-4-5-14-6-8(7)13/h4-6,9H,2-3H2,1H3,(H,15,18). The van der Waals surface area contributed by atoms with Crippen LogP contribution in [0.25, 0.3) is 0 Å². The molecular weight excluding hydrogens is 270 g/mol. The highest BCUT2D eigenvalue weighted by Crippen LogP contribution is 2.16. The number of nitrogens with one attached hydrogen (secondary N) is 1. The van der Waals surface area contributed by atoms with E-state index in [0.717, 1.165) is 4.90 Å². The number of carbonyl (C=O) groups excluding carboxylic acids is 3. The number of piperidine rings is 1. The summed E-state index contributed by atoms with van der Waals surface area (Å²) >= 11 is 5.85. The zero-order valence-corrected chi connectivity index (χ0v) is 11.0. The summed E-state index contributed by atoms with van der Waals surface area (Å²) in [7, 11) is 1.41. The first-order chi connectivity index (χ1) is 9.00. The number of rotatable bonds is 2. The fourth-order valence-electron chi connectivity index (χ4n) is 1.84. The molecule has 3 amide bonds. The zero-order chi connectivity index (χ0) is 14.0. The third-order valence-electron chi connectivity index (χ3n) is 2.97. The predicted octanol–water partition coefficient (Wildman–Crippen LogP) is 0.612. The van der Waals surface area contributed by atoms with Gasteiger partial charge in [-0.25, -0.2) is 0 Å². The number of aromatic nitrogens is 1. The van der Waals surface area contributed by atoms with E-state index in [0.29, 0.717) is 6.42 Å². The van der Waals surface area contributed by atoms with Crippen LogP contribution in [-0.4, -0.2) is 40.7 Å². The Kier molecular flexibility index (Phi) is 3.80. The molecule has 0 spiro atoms. The highest BCUT2D eigenvalue weighted by atomic mass is 35.5. The number of pyridine rings is 1. The first-order valence-electron chi connectivity index (χ1n) is 5.71. The SMILES string of the molecule is CN1C(=O)CCC(NC(=O)c2ccncc2Cl)C1=O. The number of amides is 3. The maximum atomic E-state index is 12.0. The number of halogens is 1. The lowest BCUT2D eigenvalue weighted by molar-refractivity contribution is -0.147. The molecule has 0 aromatic carbocycles. The molecule has 7 heteroatoms. The lowest BCUT2D eigenvalue weighted by Crippen LogP contribution is -2.52. The minimum Gasteiger partial charge on any atom is -0.340 e. The molecule has 1 saturated heterocycles. The van der Waals surface area contributed by atoms with Crippen molar-refractivity contribution in [2.24, 2.45) is 0 Å². The van der Waals surface area contributed by atoms with Crippen molar-refractivity contribution >= 4 is 29.3 Å². The van der Waals surface area contributed by atoms with E-state index in [2.05, 4.69) is 10.3 Å². The highest BCUT2D eigenvalue weighted by Gasteiger charge is 2.33. The van der Waals surface area contributed by atoms with Crippen LogP contribution < -0.4 is 5.32 Å². The maximum absolute atomic E-state index is 12.0. The molecule has 1 atom stereocenters. The second kappa shape index (κ2) is 5.36. The smallest absolute Gasteiger partial charge is 0.253 e. The first kappa shape index (κ1) is 13.5. The number of likely N-dealkylation sites (N-methyl/N-ethyl adjacent to an activating group) is 1. The van der Waals surface area contributed by atoms with Gasteiger partial charge in [0.1, 0.15) is 6.04 Å². The van der Waals surface area contributed by atoms with Crippen molar-refractivity contribution in [3.05, 3.63) is 29.0 Å².